The number of rotatable bonds is 3. The highest BCUT2D eigenvalue weighted by Gasteiger charge is 2.01. The zero-order valence-electron chi connectivity index (χ0n) is 7.61. The van der Waals surface area contributed by atoms with Crippen LogP contribution in [0.1, 0.15) is 5.56 Å². The molecule has 1 aromatic heterocycles. The Kier molecular flexibility index (Phi) is 3.61. The topological polar surface area (TPSA) is 22.1 Å². The van der Waals surface area contributed by atoms with E-state index in [9.17, 15) is 0 Å². The summed E-state index contributed by atoms with van der Waals surface area (Å²) in [5.41, 5.74) is 1.09. The second kappa shape index (κ2) is 4.96. The van der Waals surface area contributed by atoms with E-state index in [1.165, 1.54) is 11.3 Å². The Morgan fingerprint density at radius 3 is 3.00 bits per heavy atom. The fraction of sp³-hybridized carbons (Fsp3) is 0.100. The predicted octanol–water partition coefficient (Wildman–Crippen LogP) is 4.14. The van der Waals surface area contributed by atoms with Gasteiger partial charge in [-0.05, 0) is 17.7 Å². The van der Waals surface area contributed by atoms with Gasteiger partial charge in [0.2, 0.25) is 0 Å². The molecule has 1 heterocycles. The molecular weight excluding hydrogens is 298 g/mol. The summed E-state index contributed by atoms with van der Waals surface area (Å²) in [7, 11) is 0. The zero-order valence-corrected chi connectivity index (χ0v) is 10.8. The van der Waals surface area contributed by atoms with E-state index in [-0.39, 0.29) is 0 Å². The maximum absolute atomic E-state index is 5.68. The Morgan fingerprint density at radius 2 is 2.33 bits per heavy atom. The van der Waals surface area contributed by atoms with Crippen molar-refractivity contribution in [3.63, 3.8) is 0 Å². The van der Waals surface area contributed by atoms with Crippen molar-refractivity contribution in [2.75, 3.05) is 0 Å². The Morgan fingerprint density at radius 1 is 1.47 bits per heavy atom. The fourth-order valence-corrected chi connectivity index (χ4v) is 2.31. The van der Waals surface area contributed by atoms with Crippen LogP contribution < -0.4 is 4.74 Å². The molecule has 2 rings (SSSR count). The molecule has 2 nitrogen and oxygen atoms in total. The molecule has 0 aliphatic carbocycles. The van der Waals surface area contributed by atoms with Crippen molar-refractivity contribution < 1.29 is 4.74 Å². The summed E-state index contributed by atoms with van der Waals surface area (Å²) < 4.78 is 6.51. The molecule has 0 fully saturated rings. The standard InChI is InChI=1S/C10H7BrClNOS/c11-8-3-1-2-7(4-8)5-14-10-13-9(12)6-15-10/h1-4,6H,5H2. The minimum absolute atomic E-state index is 0.476. The lowest BCUT2D eigenvalue weighted by Crippen LogP contribution is -1.94. The van der Waals surface area contributed by atoms with Gasteiger partial charge in [0.25, 0.3) is 5.19 Å². The average Bonchev–Trinajstić information content (AvgIpc) is 2.62. The van der Waals surface area contributed by atoms with Crippen LogP contribution in [0.2, 0.25) is 5.15 Å². The van der Waals surface area contributed by atoms with Crippen molar-refractivity contribution in [1.29, 1.82) is 0 Å². The summed E-state index contributed by atoms with van der Waals surface area (Å²) >= 11 is 10.5. The lowest BCUT2D eigenvalue weighted by molar-refractivity contribution is 0.304. The van der Waals surface area contributed by atoms with E-state index >= 15 is 0 Å². The number of aromatic nitrogens is 1. The summed E-state index contributed by atoms with van der Waals surface area (Å²) in [5.74, 6) is 0. The van der Waals surface area contributed by atoms with Crippen LogP contribution in [0.15, 0.2) is 34.1 Å². The van der Waals surface area contributed by atoms with Crippen molar-refractivity contribution in [1.82, 2.24) is 4.98 Å². The molecule has 0 saturated carbocycles. The van der Waals surface area contributed by atoms with E-state index in [4.69, 9.17) is 16.3 Å². The molecule has 0 spiro atoms. The summed E-state index contributed by atoms with van der Waals surface area (Å²) in [6, 6.07) is 7.95. The van der Waals surface area contributed by atoms with E-state index in [0.29, 0.717) is 17.0 Å². The Bertz CT molecular complexity index is 460. The quantitative estimate of drug-likeness (QED) is 0.850. The number of ether oxygens (including phenoxy) is 1. The maximum atomic E-state index is 5.68. The number of halogens is 2. The Hall–Kier alpha value is -0.580. The Balaban J connectivity index is 1.99. The normalized spacial score (nSPS) is 10.3. The summed E-state index contributed by atoms with van der Waals surface area (Å²) in [6.07, 6.45) is 0. The molecule has 15 heavy (non-hydrogen) atoms. The lowest BCUT2D eigenvalue weighted by Gasteiger charge is -2.02. The van der Waals surface area contributed by atoms with Crippen molar-refractivity contribution >= 4 is 38.9 Å². The van der Waals surface area contributed by atoms with Crippen molar-refractivity contribution in [2.24, 2.45) is 0 Å². The number of thiazole rings is 1. The van der Waals surface area contributed by atoms with Crippen LogP contribution in [0.5, 0.6) is 5.19 Å². The first-order chi connectivity index (χ1) is 7.24. The number of nitrogens with zero attached hydrogens (tertiary/aromatic N) is 1. The molecule has 0 N–H and O–H groups in total. The minimum atomic E-state index is 0.476. The third-order valence-electron chi connectivity index (χ3n) is 1.71. The highest BCUT2D eigenvalue weighted by Crippen LogP contribution is 2.22. The monoisotopic (exact) mass is 303 g/mol. The number of benzene rings is 1. The van der Waals surface area contributed by atoms with Gasteiger partial charge < -0.3 is 4.74 Å². The molecule has 0 amide bonds. The maximum Gasteiger partial charge on any atom is 0.274 e. The van der Waals surface area contributed by atoms with Gasteiger partial charge in [-0.25, -0.2) is 0 Å². The molecule has 0 atom stereocenters. The summed E-state index contributed by atoms with van der Waals surface area (Å²) in [5, 5.41) is 2.82. The molecule has 2 aromatic rings. The van der Waals surface area contributed by atoms with E-state index in [0.717, 1.165) is 10.0 Å². The van der Waals surface area contributed by atoms with Gasteiger partial charge in [-0.15, -0.1) is 0 Å². The van der Waals surface area contributed by atoms with Gasteiger partial charge in [-0.3, -0.25) is 0 Å². The largest absolute Gasteiger partial charge is 0.465 e. The van der Waals surface area contributed by atoms with Crippen molar-refractivity contribution in [3.05, 3.63) is 44.8 Å². The second-order valence-corrected chi connectivity index (χ2v) is 4.98. The van der Waals surface area contributed by atoms with Gasteiger partial charge in [-0.1, -0.05) is 51.0 Å². The molecule has 5 heteroatoms. The SMILES string of the molecule is Clc1csc(OCc2cccc(Br)c2)n1. The number of hydrogen-bond donors (Lipinski definition) is 0. The van der Waals surface area contributed by atoms with Gasteiger partial charge in [0.1, 0.15) is 11.8 Å². The van der Waals surface area contributed by atoms with Crippen LogP contribution in [0.25, 0.3) is 0 Å². The van der Waals surface area contributed by atoms with Crippen molar-refractivity contribution in [2.45, 2.75) is 6.61 Å². The molecule has 0 bridgehead atoms. The third kappa shape index (κ3) is 3.19. The average molecular weight is 305 g/mol. The van der Waals surface area contributed by atoms with Gasteiger partial charge in [-0.2, -0.15) is 4.98 Å². The molecule has 0 aliphatic heterocycles. The number of hydrogen-bond acceptors (Lipinski definition) is 3. The third-order valence-corrected chi connectivity index (χ3v) is 3.27. The van der Waals surface area contributed by atoms with Crippen LogP contribution in [-0.4, -0.2) is 4.98 Å². The summed E-state index contributed by atoms with van der Waals surface area (Å²) in [4.78, 5) is 4.00. The molecule has 0 radical (unpaired) electrons. The lowest BCUT2D eigenvalue weighted by atomic mass is 10.2. The molecular formula is C10H7BrClNOS. The molecule has 0 unspecified atom stereocenters. The van der Waals surface area contributed by atoms with E-state index in [1.54, 1.807) is 5.38 Å². The van der Waals surface area contributed by atoms with Gasteiger partial charge in [0.05, 0.1) is 0 Å². The Labute approximate surface area is 105 Å². The van der Waals surface area contributed by atoms with Gasteiger partial charge >= 0.3 is 0 Å². The predicted molar refractivity (Wildman–Crippen MR) is 65.6 cm³/mol. The van der Waals surface area contributed by atoms with E-state index in [2.05, 4.69) is 20.9 Å². The highest BCUT2D eigenvalue weighted by atomic mass is 79.9. The second-order valence-electron chi connectivity index (χ2n) is 2.85. The molecule has 0 aliphatic rings. The molecule has 78 valence electrons. The van der Waals surface area contributed by atoms with E-state index < -0.39 is 0 Å². The summed E-state index contributed by atoms with van der Waals surface area (Å²) in [6.45, 7) is 0.503. The molecule has 1 aromatic carbocycles. The smallest absolute Gasteiger partial charge is 0.274 e. The fourth-order valence-electron chi connectivity index (χ4n) is 1.08. The van der Waals surface area contributed by atoms with Crippen LogP contribution in [-0.2, 0) is 6.61 Å². The minimum Gasteiger partial charge on any atom is -0.465 e. The first-order valence-electron chi connectivity index (χ1n) is 4.22. The van der Waals surface area contributed by atoms with Crippen LogP contribution in [0, 0.1) is 0 Å². The van der Waals surface area contributed by atoms with E-state index in [1.807, 2.05) is 24.3 Å². The van der Waals surface area contributed by atoms with Gasteiger partial charge in [0, 0.05) is 9.85 Å². The van der Waals surface area contributed by atoms with Crippen LogP contribution in [0.4, 0.5) is 0 Å². The van der Waals surface area contributed by atoms with Crippen LogP contribution in [0.3, 0.4) is 0 Å². The van der Waals surface area contributed by atoms with Crippen LogP contribution >= 0.6 is 38.9 Å². The molecule has 0 saturated heterocycles. The van der Waals surface area contributed by atoms with Crippen molar-refractivity contribution in [3.8, 4) is 5.19 Å². The first kappa shape index (κ1) is 10.9. The van der Waals surface area contributed by atoms with Gasteiger partial charge in [0.15, 0.2) is 0 Å². The highest BCUT2D eigenvalue weighted by molar-refractivity contribution is 9.10. The zero-order chi connectivity index (χ0) is 10.7. The first-order valence-corrected chi connectivity index (χ1v) is 6.27.